The molecular weight excluding hydrogens is 280 g/mol. The van der Waals surface area contributed by atoms with Crippen molar-refractivity contribution in [1.82, 2.24) is 0 Å². The van der Waals surface area contributed by atoms with Crippen LogP contribution in [0.1, 0.15) is 10.4 Å². The van der Waals surface area contributed by atoms with Crippen molar-refractivity contribution in [3.8, 4) is 17.2 Å². The lowest BCUT2D eigenvalue weighted by Crippen LogP contribution is -2.01. The number of carbonyl (C=O) groups excluding carboxylic acids is 1. The summed E-state index contributed by atoms with van der Waals surface area (Å²) in [5.41, 5.74) is 0.275. The van der Waals surface area contributed by atoms with Gasteiger partial charge in [0.05, 0.1) is 12.7 Å². The molecule has 0 unspecified atom stereocenters. The van der Waals surface area contributed by atoms with Gasteiger partial charge in [-0.05, 0) is 30.3 Å². The second kappa shape index (κ2) is 5.77. The molecule has 3 aromatic carbocycles. The molecule has 0 fully saturated rings. The second-order valence-electron chi connectivity index (χ2n) is 4.75. The number of phenolic OH excluding ortho intramolecular Hbond substituents is 1. The normalized spacial score (nSPS) is 10.4. The number of carbonyl (C=O) groups is 1. The molecule has 3 aromatic rings. The molecule has 0 amide bonds. The van der Waals surface area contributed by atoms with E-state index in [9.17, 15) is 9.90 Å². The molecule has 4 heteroatoms. The molecule has 0 aliphatic carbocycles. The number of ether oxygens (including phenoxy) is 2. The first-order chi connectivity index (χ1) is 10.7. The van der Waals surface area contributed by atoms with Gasteiger partial charge in [-0.2, -0.15) is 0 Å². The molecular formula is C18H14O4. The maximum atomic E-state index is 11.7. The van der Waals surface area contributed by atoms with E-state index in [1.165, 1.54) is 13.2 Å². The van der Waals surface area contributed by atoms with E-state index in [1.54, 1.807) is 24.3 Å². The smallest absolute Gasteiger partial charge is 0.338 e. The number of rotatable bonds is 3. The van der Waals surface area contributed by atoms with Crippen molar-refractivity contribution in [3.63, 3.8) is 0 Å². The van der Waals surface area contributed by atoms with Crippen LogP contribution in [0.15, 0.2) is 60.7 Å². The first-order valence-electron chi connectivity index (χ1n) is 6.76. The van der Waals surface area contributed by atoms with Crippen molar-refractivity contribution >= 4 is 16.7 Å². The zero-order valence-corrected chi connectivity index (χ0v) is 11.9. The van der Waals surface area contributed by atoms with Crippen LogP contribution < -0.4 is 4.74 Å². The summed E-state index contributed by atoms with van der Waals surface area (Å²) >= 11 is 0. The standard InChI is InChI=1S/C18H14O4/c1-21-18(20)12-10-15-14(16(19)11-12)8-5-9-17(15)22-13-6-3-2-4-7-13/h2-11,19H,1H3. The fourth-order valence-electron chi connectivity index (χ4n) is 2.28. The lowest BCUT2D eigenvalue weighted by atomic mass is 10.0. The van der Waals surface area contributed by atoms with Gasteiger partial charge in [-0.15, -0.1) is 0 Å². The predicted octanol–water partition coefficient (Wildman–Crippen LogP) is 4.12. The lowest BCUT2D eigenvalue weighted by Gasteiger charge is -2.11. The highest BCUT2D eigenvalue weighted by atomic mass is 16.5. The highest BCUT2D eigenvalue weighted by molar-refractivity contribution is 6.00. The molecule has 0 aliphatic rings. The van der Waals surface area contributed by atoms with Crippen LogP contribution in [0, 0.1) is 0 Å². The summed E-state index contributed by atoms with van der Waals surface area (Å²) in [4.78, 5) is 11.7. The van der Waals surface area contributed by atoms with Crippen molar-refractivity contribution < 1.29 is 19.4 Å². The van der Waals surface area contributed by atoms with Crippen molar-refractivity contribution in [2.24, 2.45) is 0 Å². The van der Waals surface area contributed by atoms with Crippen molar-refractivity contribution in [1.29, 1.82) is 0 Å². The topological polar surface area (TPSA) is 55.8 Å². The Balaban J connectivity index is 2.14. The third-order valence-corrected chi connectivity index (χ3v) is 3.33. The highest BCUT2D eigenvalue weighted by Crippen LogP contribution is 2.35. The van der Waals surface area contributed by atoms with E-state index in [0.29, 0.717) is 22.3 Å². The van der Waals surface area contributed by atoms with Gasteiger partial charge in [-0.1, -0.05) is 30.3 Å². The largest absolute Gasteiger partial charge is 0.507 e. The minimum absolute atomic E-state index is 0.0106. The lowest BCUT2D eigenvalue weighted by molar-refractivity contribution is 0.0600. The van der Waals surface area contributed by atoms with Gasteiger partial charge < -0.3 is 14.6 Å². The Hall–Kier alpha value is -3.01. The molecule has 0 spiro atoms. The van der Waals surface area contributed by atoms with Crippen LogP contribution in [0.3, 0.4) is 0 Å². The molecule has 0 saturated heterocycles. The average molecular weight is 294 g/mol. The Morgan fingerprint density at radius 1 is 0.955 bits per heavy atom. The summed E-state index contributed by atoms with van der Waals surface area (Å²) in [6.45, 7) is 0. The first-order valence-corrected chi connectivity index (χ1v) is 6.76. The Labute approximate surface area is 127 Å². The van der Waals surface area contributed by atoms with Crippen LogP contribution in [0.2, 0.25) is 0 Å². The van der Waals surface area contributed by atoms with E-state index in [2.05, 4.69) is 0 Å². The van der Waals surface area contributed by atoms with Crippen molar-refractivity contribution in [3.05, 3.63) is 66.2 Å². The summed E-state index contributed by atoms with van der Waals surface area (Å²) in [6, 6.07) is 17.7. The molecule has 3 rings (SSSR count). The summed E-state index contributed by atoms with van der Waals surface area (Å²) in [5, 5.41) is 11.4. The number of para-hydroxylation sites is 1. The number of benzene rings is 3. The fraction of sp³-hybridized carbons (Fsp3) is 0.0556. The van der Waals surface area contributed by atoms with E-state index < -0.39 is 5.97 Å². The second-order valence-corrected chi connectivity index (χ2v) is 4.75. The Morgan fingerprint density at radius 2 is 1.73 bits per heavy atom. The molecule has 0 aliphatic heterocycles. The molecule has 110 valence electrons. The van der Waals surface area contributed by atoms with Crippen LogP contribution in [0.5, 0.6) is 17.2 Å². The number of fused-ring (bicyclic) bond motifs is 1. The molecule has 0 radical (unpaired) electrons. The molecule has 0 atom stereocenters. The van der Waals surface area contributed by atoms with Gasteiger partial charge in [0.1, 0.15) is 17.2 Å². The molecule has 22 heavy (non-hydrogen) atoms. The Bertz CT molecular complexity index is 825. The third kappa shape index (κ3) is 2.59. The quantitative estimate of drug-likeness (QED) is 0.738. The number of esters is 1. The van der Waals surface area contributed by atoms with Crippen LogP contribution >= 0.6 is 0 Å². The van der Waals surface area contributed by atoms with Gasteiger partial charge in [-0.25, -0.2) is 4.79 Å². The number of hydrogen-bond acceptors (Lipinski definition) is 4. The van der Waals surface area contributed by atoms with Crippen molar-refractivity contribution in [2.45, 2.75) is 0 Å². The zero-order chi connectivity index (χ0) is 15.5. The van der Waals surface area contributed by atoms with Gasteiger partial charge in [0.2, 0.25) is 0 Å². The third-order valence-electron chi connectivity index (χ3n) is 3.33. The Kier molecular flexibility index (Phi) is 3.66. The van der Waals surface area contributed by atoms with Gasteiger partial charge in [0.15, 0.2) is 0 Å². The van der Waals surface area contributed by atoms with E-state index in [-0.39, 0.29) is 11.3 Å². The van der Waals surface area contributed by atoms with Crippen LogP contribution in [-0.2, 0) is 4.74 Å². The average Bonchev–Trinajstić information content (AvgIpc) is 2.55. The monoisotopic (exact) mass is 294 g/mol. The molecule has 4 nitrogen and oxygen atoms in total. The number of phenols is 1. The van der Waals surface area contributed by atoms with Crippen LogP contribution in [0.4, 0.5) is 0 Å². The van der Waals surface area contributed by atoms with E-state index in [0.717, 1.165) is 0 Å². The van der Waals surface area contributed by atoms with Gasteiger partial charge in [0, 0.05) is 10.8 Å². The predicted molar refractivity (Wildman–Crippen MR) is 83.5 cm³/mol. The minimum atomic E-state index is -0.508. The molecule has 0 aromatic heterocycles. The van der Waals surface area contributed by atoms with Crippen molar-refractivity contribution in [2.75, 3.05) is 7.11 Å². The van der Waals surface area contributed by atoms with E-state index in [1.807, 2.05) is 30.3 Å². The Morgan fingerprint density at radius 3 is 2.45 bits per heavy atom. The maximum absolute atomic E-state index is 11.7. The van der Waals surface area contributed by atoms with Gasteiger partial charge >= 0.3 is 5.97 Å². The zero-order valence-electron chi connectivity index (χ0n) is 11.9. The SMILES string of the molecule is COC(=O)c1cc(O)c2cccc(Oc3ccccc3)c2c1. The molecule has 0 heterocycles. The number of methoxy groups -OCH3 is 1. The highest BCUT2D eigenvalue weighted by Gasteiger charge is 2.13. The van der Waals surface area contributed by atoms with Gasteiger partial charge in [0.25, 0.3) is 0 Å². The molecule has 0 bridgehead atoms. The molecule has 0 saturated carbocycles. The van der Waals surface area contributed by atoms with E-state index >= 15 is 0 Å². The fourth-order valence-corrected chi connectivity index (χ4v) is 2.28. The van der Waals surface area contributed by atoms with Crippen LogP contribution in [-0.4, -0.2) is 18.2 Å². The summed E-state index contributed by atoms with van der Waals surface area (Å²) in [5.74, 6) is 0.742. The summed E-state index contributed by atoms with van der Waals surface area (Å²) < 4.78 is 10.6. The first kappa shape index (κ1) is 13.9. The maximum Gasteiger partial charge on any atom is 0.338 e. The number of aromatic hydroxyl groups is 1. The molecule has 1 N–H and O–H groups in total. The minimum Gasteiger partial charge on any atom is -0.507 e. The van der Waals surface area contributed by atoms with E-state index in [4.69, 9.17) is 9.47 Å². The summed E-state index contributed by atoms with van der Waals surface area (Å²) in [6.07, 6.45) is 0. The number of hydrogen-bond donors (Lipinski definition) is 1. The summed E-state index contributed by atoms with van der Waals surface area (Å²) in [7, 11) is 1.30. The van der Waals surface area contributed by atoms with Gasteiger partial charge in [-0.3, -0.25) is 0 Å². The van der Waals surface area contributed by atoms with Crippen LogP contribution in [0.25, 0.3) is 10.8 Å².